The fourth-order valence-electron chi connectivity index (χ4n) is 4.99. The van der Waals surface area contributed by atoms with Crippen molar-refractivity contribution in [1.29, 1.82) is 0 Å². The van der Waals surface area contributed by atoms with Gasteiger partial charge >= 0.3 is 12.2 Å². The lowest BCUT2D eigenvalue weighted by atomic mass is 9.92. The van der Waals surface area contributed by atoms with Crippen LogP contribution in [0, 0.1) is 18.8 Å². The highest BCUT2D eigenvalue weighted by Gasteiger charge is 2.44. The summed E-state index contributed by atoms with van der Waals surface area (Å²) in [6.07, 6.45) is -4.34. The van der Waals surface area contributed by atoms with Crippen LogP contribution in [0.2, 0.25) is 0 Å². The maximum absolute atomic E-state index is 13.1. The molecule has 0 spiro atoms. The number of nitrogens with one attached hydrogen (secondary N) is 1. The fraction of sp³-hybridized carbons (Fsp3) is 0.636. The molecule has 1 unspecified atom stereocenters. The SMILES string of the molecule is Cc1nnc(N2C[C@H]3CC[C@@H](C2)C3Nc2nc3c(C(C)C)ccc(O[C@@H](C)C(F)(F)F)n3n2)o1. The summed E-state index contributed by atoms with van der Waals surface area (Å²) in [4.78, 5) is 6.78. The topological polar surface area (TPSA) is 93.6 Å². The Labute approximate surface area is 194 Å². The lowest BCUT2D eigenvalue weighted by Gasteiger charge is -2.37. The van der Waals surface area contributed by atoms with Crippen LogP contribution in [-0.2, 0) is 0 Å². The first-order valence-corrected chi connectivity index (χ1v) is 11.5. The van der Waals surface area contributed by atoms with Crippen LogP contribution in [0.1, 0.15) is 51.0 Å². The van der Waals surface area contributed by atoms with Crippen molar-refractivity contribution in [2.75, 3.05) is 23.3 Å². The van der Waals surface area contributed by atoms with Crippen LogP contribution in [0.3, 0.4) is 0 Å². The molecule has 0 aromatic carbocycles. The first-order valence-electron chi connectivity index (χ1n) is 11.5. The molecule has 9 nitrogen and oxygen atoms in total. The highest BCUT2D eigenvalue weighted by Crippen LogP contribution is 2.40. The van der Waals surface area contributed by atoms with Crippen LogP contribution in [0.15, 0.2) is 16.5 Å². The van der Waals surface area contributed by atoms with Gasteiger partial charge < -0.3 is 19.4 Å². The third kappa shape index (κ3) is 4.14. The number of nitrogens with zero attached hydrogens (tertiary/aromatic N) is 6. The predicted molar refractivity (Wildman–Crippen MR) is 118 cm³/mol. The zero-order valence-corrected chi connectivity index (χ0v) is 19.5. The number of rotatable bonds is 6. The lowest BCUT2D eigenvalue weighted by molar-refractivity contribution is -0.190. The number of fused-ring (bicyclic) bond motifs is 3. The standard InChI is InChI=1S/C22H28F3N7O2/c1-11(2)16-7-8-17(33-12(3)22(23,24)25)32-19(16)27-20(30-32)26-18-14-5-6-15(18)10-31(9-14)21-29-28-13(4)34-21/h7-8,11-12,14-15,18H,5-6,9-10H2,1-4H3,(H,26,30)/t12-,14-,15+,18?/m0/s1. The molecule has 0 amide bonds. The molecule has 1 N–H and O–H groups in total. The minimum atomic E-state index is -4.48. The van der Waals surface area contributed by atoms with Crippen molar-refractivity contribution < 1.29 is 22.3 Å². The highest BCUT2D eigenvalue weighted by atomic mass is 19.4. The van der Waals surface area contributed by atoms with Crippen LogP contribution in [0.4, 0.5) is 25.1 Å². The second-order valence-corrected chi connectivity index (χ2v) is 9.53. The smallest absolute Gasteiger partial charge is 0.425 e. The molecule has 2 fully saturated rings. The number of piperidine rings is 1. The van der Waals surface area contributed by atoms with Crippen LogP contribution >= 0.6 is 0 Å². The predicted octanol–water partition coefficient (Wildman–Crippen LogP) is 4.20. The van der Waals surface area contributed by atoms with E-state index in [1.165, 1.54) is 10.6 Å². The molecule has 2 bridgehead atoms. The molecule has 0 radical (unpaired) electrons. The van der Waals surface area contributed by atoms with Gasteiger partial charge in [-0.25, -0.2) is 0 Å². The Bertz CT molecular complexity index is 1160. The van der Waals surface area contributed by atoms with E-state index in [0.29, 0.717) is 35.3 Å². The van der Waals surface area contributed by atoms with Crippen molar-refractivity contribution in [1.82, 2.24) is 24.8 Å². The van der Waals surface area contributed by atoms with Crippen LogP contribution in [0.5, 0.6) is 5.88 Å². The quantitative estimate of drug-likeness (QED) is 0.562. The van der Waals surface area contributed by atoms with Crippen molar-refractivity contribution >= 4 is 17.6 Å². The summed E-state index contributed by atoms with van der Waals surface area (Å²) in [7, 11) is 0. The van der Waals surface area contributed by atoms with Crippen molar-refractivity contribution in [3.8, 4) is 5.88 Å². The van der Waals surface area contributed by atoms with E-state index in [4.69, 9.17) is 9.15 Å². The van der Waals surface area contributed by atoms with E-state index in [-0.39, 0.29) is 17.8 Å². The average molecular weight is 480 g/mol. The van der Waals surface area contributed by atoms with E-state index in [9.17, 15) is 13.2 Å². The molecule has 12 heteroatoms. The van der Waals surface area contributed by atoms with E-state index in [0.717, 1.165) is 38.4 Å². The van der Waals surface area contributed by atoms with Crippen molar-refractivity contribution in [3.63, 3.8) is 0 Å². The minimum Gasteiger partial charge on any atom is -0.465 e. The number of hydrogen-bond donors (Lipinski definition) is 1. The van der Waals surface area contributed by atoms with Crippen molar-refractivity contribution in [2.24, 2.45) is 11.8 Å². The number of ether oxygens (including phenoxy) is 1. The first kappa shape index (κ1) is 22.7. The Hall–Kier alpha value is -3.05. The number of alkyl halides is 3. The summed E-state index contributed by atoms with van der Waals surface area (Å²) in [5.41, 5.74) is 1.38. The first-order chi connectivity index (χ1) is 16.1. The summed E-state index contributed by atoms with van der Waals surface area (Å²) in [6.45, 7) is 8.31. The number of hydrogen-bond acceptors (Lipinski definition) is 8. The number of aryl methyl sites for hydroxylation is 1. The Morgan fingerprint density at radius 2 is 1.82 bits per heavy atom. The third-order valence-corrected chi connectivity index (χ3v) is 6.78. The molecule has 1 saturated carbocycles. The Kier molecular flexibility index (Phi) is 5.56. The van der Waals surface area contributed by atoms with Crippen molar-refractivity contribution in [3.05, 3.63) is 23.6 Å². The summed E-state index contributed by atoms with van der Waals surface area (Å²) < 4.78 is 51.5. The highest BCUT2D eigenvalue weighted by molar-refractivity contribution is 5.55. The van der Waals surface area contributed by atoms with Gasteiger partial charge in [-0.3, -0.25) is 0 Å². The normalized spacial score (nSPS) is 23.6. The van der Waals surface area contributed by atoms with Gasteiger partial charge in [-0.15, -0.1) is 10.2 Å². The van der Waals surface area contributed by atoms with Gasteiger partial charge in [0, 0.05) is 32.1 Å². The summed E-state index contributed by atoms with van der Waals surface area (Å²) in [5, 5.41) is 16.1. The number of aromatic nitrogens is 5. The number of anilines is 2. The molecule has 3 aromatic heterocycles. The Balaban J connectivity index is 1.40. The zero-order valence-electron chi connectivity index (χ0n) is 19.5. The molecule has 4 heterocycles. The third-order valence-electron chi connectivity index (χ3n) is 6.78. The zero-order chi connectivity index (χ0) is 24.2. The molecular weight excluding hydrogens is 451 g/mol. The van der Waals surface area contributed by atoms with Gasteiger partial charge in [-0.1, -0.05) is 18.9 Å². The van der Waals surface area contributed by atoms with E-state index in [2.05, 4.69) is 30.5 Å². The minimum absolute atomic E-state index is 0.00864. The largest absolute Gasteiger partial charge is 0.465 e. The van der Waals surface area contributed by atoms with Crippen LogP contribution in [-0.4, -0.2) is 56.2 Å². The average Bonchev–Trinajstić information content (AvgIpc) is 3.43. The molecule has 34 heavy (non-hydrogen) atoms. The second kappa shape index (κ2) is 8.31. The van der Waals surface area contributed by atoms with Crippen molar-refractivity contribution in [2.45, 2.75) is 64.8 Å². The molecule has 4 atom stereocenters. The van der Waals surface area contributed by atoms with Gasteiger partial charge in [0.05, 0.1) is 0 Å². The molecule has 5 rings (SSSR count). The summed E-state index contributed by atoms with van der Waals surface area (Å²) in [6, 6.07) is 3.97. The molecular formula is C22H28F3N7O2. The lowest BCUT2D eigenvalue weighted by Crippen LogP contribution is -2.48. The molecule has 2 aliphatic rings. The molecule has 1 aliphatic carbocycles. The fourth-order valence-corrected chi connectivity index (χ4v) is 4.99. The summed E-state index contributed by atoms with van der Waals surface area (Å²) in [5.74, 6) is 1.73. The maximum Gasteiger partial charge on any atom is 0.425 e. The van der Waals surface area contributed by atoms with Gasteiger partial charge in [0.2, 0.25) is 17.7 Å². The van der Waals surface area contributed by atoms with Crippen LogP contribution in [0.25, 0.3) is 5.65 Å². The van der Waals surface area contributed by atoms with Crippen LogP contribution < -0.4 is 15.0 Å². The van der Waals surface area contributed by atoms with E-state index < -0.39 is 12.3 Å². The van der Waals surface area contributed by atoms with Gasteiger partial charge in [0.1, 0.15) is 0 Å². The molecule has 3 aromatic rings. The number of halogens is 3. The van der Waals surface area contributed by atoms with E-state index in [1.807, 2.05) is 13.8 Å². The molecule has 1 aliphatic heterocycles. The summed E-state index contributed by atoms with van der Waals surface area (Å²) >= 11 is 0. The number of pyridine rings is 1. The monoisotopic (exact) mass is 479 g/mol. The van der Waals surface area contributed by atoms with E-state index >= 15 is 0 Å². The second-order valence-electron chi connectivity index (χ2n) is 9.53. The van der Waals surface area contributed by atoms with Gasteiger partial charge in [-0.2, -0.15) is 22.7 Å². The maximum atomic E-state index is 13.1. The van der Waals surface area contributed by atoms with Gasteiger partial charge in [-0.05, 0) is 49.1 Å². The molecule has 184 valence electrons. The Morgan fingerprint density at radius 3 is 2.41 bits per heavy atom. The van der Waals surface area contributed by atoms with Gasteiger partial charge in [0.25, 0.3) is 0 Å². The van der Waals surface area contributed by atoms with E-state index in [1.54, 1.807) is 13.0 Å². The molecule has 1 saturated heterocycles. The Morgan fingerprint density at radius 1 is 1.12 bits per heavy atom. The van der Waals surface area contributed by atoms with Gasteiger partial charge in [0.15, 0.2) is 11.8 Å².